The Morgan fingerprint density at radius 2 is 2.18 bits per heavy atom. The zero-order valence-electron chi connectivity index (χ0n) is 9.84. The van der Waals surface area contributed by atoms with Crippen LogP contribution in [0.5, 0.6) is 5.75 Å². The molecule has 0 aliphatic carbocycles. The lowest BCUT2D eigenvalue weighted by atomic mass is 10.0. The third kappa shape index (κ3) is 1.97. The van der Waals surface area contributed by atoms with Gasteiger partial charge < -0.3 is 15.6 Å². The molecule has 17 heavy (non-hydrogen) atoms. The number of phenolic OH excluding ortho intramolecular Hbond substituents is 1. The molecule has 90 valence electrons. The molecule has 5 nitrogen and oxygen atoms in total. The minimum Gasteiger partial charge on any atom is -0.507 e. The number of anilines is 1. The highest BCUT2D eigenvalue weighted by atomic mass is 16.5. The van der Waals surface area contributed by atoms with E-state index in [0.29, 0.717) is 18.0 Å². The molecule has 0 fully saturated rings. The number of rotatable bonds is 3. The van der Waals surface area contributed by atoms with Crippen LogP contribution in [0.25, 0.3) is 11.1 Å². The van der Waals surface area contributed by atoms with Crippen molar-refractivity contribution in [2.45, 2.75) is 6.61 Å². The second kappa shape index (κ2) is 4.47. The number of benzene rings is 1. The van der Waals surface area contributed by atoms with E-state index in [4.69, 9.17) is 10.5 Å². The van der Waals surface area contributed by atoms with E-state index in [1.807, 2.05) is 18.2 Å². The molecule has 0 radical (unpaired) electrons. The summed E-state index contributed by atoms with van der Waals surface area (Å²) in [5.74, 6) is 0.712. The van der Waals surface area contributed by atoms with Crippen LogP contribution in [0.15, 0.2) is 24.4 Å². The molecule has 0 atom stereocenters. The molecule has 0 bridgehead atoms. The number of aromatic hydroxyl groups is 1. The van der Waals surface area contributed by atoms with Crippen molar-refractivity contribution in [3.63, 3.8) is 0 Å². The van der Waals surface area contributed by atoms with Crippen molar-refractivity contribution < 1.29 is 9.84 Å². The Labute approximate surface area is 99.4 Å². The normalized spacial score (nSPS) is 10.7. The first-order valence-corrected chi connectivity index (χ1v) is 5.22. The summed E-state index contributed by atoms with van der Waals surface area (Å²) in [7, 11) is 3.35. The van der Waals surface area contributed by atoms with Gasteiger partial charge in [-0.1, -0.05) is 18.2 Å². The van der Waals surface area contributed by atoms with E-state index >= 15 is 0 Å². The van der Waals surface area contributed by atoms with Gasteiger partial charge in [0.25, 0.3) is 0 Å². The van der Waals surface area contributed by atoms with Crippen LogP contribution < -0.4 is 5.73 Å². The topological polar surface area (TPSA) is 73.3 Å². The summed E-state index contributed by atoms with van der Waals surface area (Å²) in [5, 5.41) is 14.2. The second-order valence-corrected chi connectivity index (χ2v) is 3.81. The zero-order valence-corrected chi connectivity index (χ0v) is 9.84. The predicted molar refractivity (Wildman–Crippen MR) is 65.4 cm³/mol. The Balaban J connectivity index is 2.52. The van der Waals surface area contributed by atoms with Gasteiger partial charge in [-0.2, -0.15) is 5.10 Å². The van der Waals surface area contributed by atoms with Gasteiger partial charge in [-0.05, 0) is 0 Å². The highest BCUT2D eigenvalue weighted by Crippen LogP contribution is 2.35. The van der Waals surface area contributed by atoms with Crippen molar-refractivity contribution in [1.82, 2.24) is 9.78 Å². The van der Waals surface area contributed by atoms with Gasteiger partial charge in [0.1, 0.15) is 11.6 Å². The number of nitrogen functional groups attached to an aromatic ring is 1. The molecular formula is C12H15N3O2. The summed E-state index contributed by atoms with van der Waals surface area (Å²) in [6.07, 6.45) is 1.64. The molecule has 0 saturated carbocycles. The summed E-state index contributed by atoms with van der Waals surface area (Å²) in [6, 6.07) is 5.48. The van der Waals surface area contributed by atoms with Crippen LogP contribution in [0.3, 0.4) is 0 Å². The van der Waals surface area contributed by atoms with Crippen molar-refractivity contribution in [3.8, 4) is 16.9 Å². The third-order valence-electron chi connectivity index (χ3n) is 2.69. The van der Waals surface area contributed by atoms with Gasteiger partial charge in [0, 0.05) is 30.8 Å². The average molecular weight is 233 g/mol. The first kappa shape index (κ1) is 11.5. The standard InChI is InChI=1S/C12H15N3O2/c1-15-12(13)10(6-14-15)9-5-3-4-8(7-17-2)11(9)16/h3-6,16H,7,13H2,1-2H3. The van der Waals surface area contributed by atoms with Crippen LogP contribution >= 0.6 is 0 Å². The molecular weight excluding hydrogens is 218 g/mol. The summed E-state index contributed by atoms with van der Waals surface area (Å²) in [5.41, 5.74) is 8.01. The third-order valence-corrected chi connectivity index (χ3v) is 2.69. The maximum absolute atomic E-state index is 10.1. The lowest BCUT2D eigenvalue weighted by Crippen LogP contribution is -1.98. The van der Waals surface area contributed by atoms with E-state index in [1.54, 1.807) is 25.0 Å². The number of aryl methyl sites for hydroxylation is 1. The maximum Gasteiger partial charge on any atom is 0.129 e. The Bertz CT molecular complexity index is 535. The van der Waals surface area contributed by atoms with Gasteiger partial charge in [0.2, 0.25) is 0 Å². The second-order valence-electron chi connectivity index (χ2n) is 3.81. The van der Waals surface area contributed by atoms with E-state index in [-0.39, 0.29) is 5.75 Å². The lowest BCUT2D eigenvalue weighted by Gasteiger charge is -2.08. The minimum atomic E-state index is 0.189. The van der Waals surface area contributed by atoms with Crippen molar-refractivity contribution >= 4 is 5.82 Å². The number of hydrogen-bond donors (Lipinski definition) is 2. The first-order valence-electron chi connectivity index (χ1n) is 5.22. The number of nitrogens with two attached hydrogens (primary N) is 1. The number of methoxy groups -OCH3 is 1. The van der Waals surface area contributed by atoms with Crippen LogP contribution in [0.2, 0.25) is 0 Å². The Morgan fingerprint density at radius 1 is 1.41 bits per heavy atom. The highest BCUT2D eigenvalue weighted by Gasteiger charge is 2.13. The van der Waals surface area contributed by atoms with Gasteiger partial charge >= 0.3 is 0 Å². The summed E-state index contributed by atoms with van der Waals surface area (Å²) >= 11 is 0. The SMILES string of the molecule is COCc1cccc(-c2cnn(C)c2N)c1O. The molecule has 0 spiro atoms. The molecule has 0 unspecified atom stereocenters. The van der Waals surface area contributed by atoms with Crippen LogP contribution in [0.1, 0.15) is 5.56 Å². The van der Waals surface area contributed by atoms with Gasteiger partial charge in [-0.15, -0.1) is 0 Å². The quantitative estimate of drug-likeness (QED) is 0.843. The van der Waals surface area contributed by atoms with E-state index in [2.05, 4.69) is 5.10 Å². The molecule has 1 heterocycles. The van der Waals surface area contributed by atoms with Crippen LogP contribution in [0.4, 0.5) is 5.82 Å². The molecule has 2 rings (SSSR count). The van der Waals surface area contributed by atoms with Gasteiger partial charge in [-0.3, -0.25) is 4.68 Å². The lowest BCUT2D eigenvalue weighted by molar-refractivity contribution is 0.182. The molecule has 1 aromatic heterocycles. The molecule has 5 heteroatoms. The first-order chi connectivity index (χ1) is 8.15. The van der Waals surface area contributed by atoms with Crippen molar-refractivity contribution in [3.05, 3.63) is 30.0 Å². The maximum atomic E-state index is 10.1. The number of ether oxygens (including phenoxy) is 1. The Morgan fingerprint density at radius 3 is 2.76 bits per heavy atom. The van der Waals surface area contributed by atoms with Crippen LogP contribution in [0, 0.1) is 0 Å². The largest absolute Gasteiger partial charge is 0.507 e. The summed E-state index contributed by atoms with van der Waals surface area (Å²) < 4.78 is 6.59. The zero-order chi connectivity index (χ0) is 12.4. The van der Waals surface area contributed by atoms with Gasteiger partial charge in [0.15, 0.2) is 0 Å². The Hall–Kier alpha value is -2.01. The van der Waals surface area contributed by atoms with E-state index in [9.17, 15) is 5.11 Å². The monoisotopic (exact) mass is 233 g/mol. The van der Waals surface area contributed by atoms with Crippen molar-refractivity contribution in [2.24, 2.45) is 7.05 Å². The number of para-hydroxylation sites is 1. The Kier molecular flexibility index (Phi) is 3.01. The van der Waals surface area contributed by atoms with Crippen LogP contribution in [-0.2, 0) is 18.4 Å². The molecule has 0 aliphatic rings. The minimum absolute atomic E-state index is 0.189. The van der Waals surface area contributed by atoms with E-state index in [1.165, 1.54) is 0 Å². The molecule has 2 aromatic rings. The van der Waals surface area contributed by atoms with Crippen molar-refractivity contribution in [2.75, 3.05) is 12.8 Å². The predicted octanol–water partition coefficient (Wildman–Crippen LogP) is 1.52. The molecule has 0 amide bonds. The van der Waals surface area contributed by atoms with E-state index in [0.717, 1.165) is 11.1 Å². The smallest absolute Gasteiger partial charge is 0.129 e. The number of aromatic nitrogens is 2. The summed E-state index contributed by atoms with van der Waals surface area (Å²) in [6.45, 7) is 0.361. The molecule has 0 aliphatic heterocycles. The molecule has 1 aromatic carbocycles. The van der Waals surface area contributed by atoms with Gasteiger partial charge in [0.05, 0.1) is 12.8 Å². The van der Waals surface area contributed by atoms with Gasteiger partial charge in [-0.25, -0.2) is 0 Å². The molecule has 0 saturated heterocycles. The fraction of sp³-hybridized carbons (Fsp3) is 0.250. The van der Waals surface area contributed by atoms with E-state index < -0.39 is 0 Å². The highest BCUT2D eigenvalue weighted by molar-refractivity contribution is 5.78. The number of nitrogens with zero attached hydrogens (tertiary/aromatic N) is 2. The van der Waals surface area contributed by atoms with Crippen LogP contribution in [-0.4, -0.2) is 22.0 Å². The fourth-order valence-electron chi connectivity index (χ4n) is 1.74. The summed E-state index contributed by atoms with van der Waals surface area (Å²) in [4.78, 5) is 0. The number of hydrogen-bond acceptors (Lipinski definition) is 4. The molecule has 3 N–H and O–H groups in total. The fourth-order valence-corrected chi connectivity index (χ4v) is 1.74. The number of phenols is 1. The van der Waals surface area contributed by atoms with Crippen molar-refractivity contribution in [1.29, 1.82) is 0 Å². The average Bonchev–Trinajstić information content (AvgIpc) is 2.64.